The third-order valence-electron chi connectivity index (χ3n) is 6.80. The Morgan fingerprint density at radius 2 is 1.79 bits per heavy atom. The van der Waals surface area contributed by atoms with Crippen LogP contribution in [0.25, 0.3) is 0 Å². The molecule has 7 heteroatoms. The predicted molar refractivity (Wildman–Crippen MR) is 131 cm³/mol. The molecule has 0 bridgehead atoms. The first-order chi connectivity index (χ1) is 15.6. The molecule has 2 aliphatic heterocycles. The minimum atomic E-state index is -0.306. The van der Waals surface area contributed by atoms with Gasteiger partial charge in [-0.25, -0.2) is 0 Å². The first kappa shape index (κ1) is 25.2. The van der Waals surface area contributed by atoms with Gasteiger partial charge in [-0.1, -0.05) is 39.0 Å². The second-order valence-corrected chi connectivity index (χ2v) is 10.6. The lowest BCUT2D eigenvalue weighted by Gasteiger charge is -2.34. The van der Waals surface area contributed by atoms with Crippen molar-refractivity contribution in [2.45, 2.75) is 46.5 Å². The summed E-state index contributed by atoms with van der Waals surface area (Å²) < 4.78 is 0. The first-order valence-corrected chi connectivity index (χ1v) is 12.2. The molecule has 33 heavy (non-hydrogen) atoms. The third kappa shape index (κ3) is 6.34. The maximum Gasteiger partial charge on any atom is 0.228 e. The highest BCUT2D eigenvalue weighted by molar-refractivity contribution is 6.00. The Labute approximate surface area is 198 Å². The fourth-order valence-electron chi connectivity index (χ4n) is 5.18. The molecule has 3 rings (SSSR count). The van der Waals surface area contributed by atoms with E-state index in [4.69, 9.17) is 0 Å². The summed E-state index contributed by atoms with van der Waals surface area (Å²) in [6, 6.07) is 7.92. The van der Waals surface area contributed by atoms with Crippen molar-refractivity contribution >= 4 is 23.4 Å². The van der Waals surface area contributed by atoms with Crippen LogP contribution in [-0.2, 0) is 20.8 Å². The minimum Gasteiger partial charge on any atom is -0.355 e. The number of anilines is 1. The molecule has 0 aromatic heterocycles. The Morgan fingerprint density at radius 3 is 2.42 bits per heavy atom. The van der Waals surface area contributed by atoms with E-state index >= 15 is 0 Å². The number of hydrogen-bond acceptors (Lipinski definition) is 4. The predicted octanol–water partition coefficient (Wildman–Crippen LogP) is 2.54. The molecule has 2 aliphatic rings. The van der Waals surface area contributed by atoms with E-state index in [1.807, 2.05) is 43.3 Å². The number of benzene rings is 1. The van der Waals surface area contributed by atoms with E-state index < -0.39 is 0 Å². The second kappa shape index (κ2) is 10.7. The summed E-state index contributed by atoms with van der Waals surface area (Å²) in [4.78, 5) is 44.3. The number of piperidine rings is 1. The van der Waals surface area contributed by atoms with Crippen LogP contribution in [0.1, 0.15) is 45.6 Å². The zero-order valence-corrected chi connectivity index (χ0v) is 20.9. The fraction of sp³-hybridized carbons (Fsp3) is 0.654. The SMILES string of the molecule is CCc1ccccc1N1CC(C(=O)N2CCC(C(=O)NCC(C)(C)CN(C)C)CC2)CC1=O. The molecule has 3 amide bonds. The van der Waals surface area contributed by atoms with Crippen LogP contribution in [0.3, 0.4) is 0 Å². The van der Waals surface area contributed by atoms with Gasteiger partial charge in [0, 0.05) is 50.7 Å². The van der Waals surface area contributed by atoms with Gasteiger partial charge < -0.3 is 20.0 Å². The van der Waals surface area contributed by atoms with Crippen LogP contribution < -0.4 is 10.2 Å². The average molecular weight is 457 g/mol. The number of rotatable bonds is 8. The van der Waals surface area contributed by atoms with Crippen LogP contribution in [0.4, 0.5) is 5.69 Å². The smallest absolute Gasteiger partial charge is 0.228 e. The maximum atomic E-state index is 13.2. The van der Waals surface area contributed by atoms with Crippen molar-refractivity contribution in [2.24, 2.45) is 17.3 Å². The molecule has 0 radical (unpaired) electrons. The fourth-order valence-corrected chi connectivity index (χ4v) is 5.18. The molecule has 2 fully saturated rings. The zero-order valence-electron chi connectivity index (χ0n) is 20.9. The molecule has 2 saturated heterocycles. The van der Waals surface area contributed by atoms with Gasteiger partial charge in [-0.2, -0.15) is 0 Å². The summed E-state index contributed by atoms with van der Waals surface area (Å²) in [6.45, 7) is 9.52. The van der Waals surface area contributed by atoms with Gasteiger partial charge in [0.25, 0.3) is 0 Å². The number of carbonyl (C=O) groups excluding carboxylic acids is 3. The molecule has 2 heterocycles. The van der Waals surface area contributed by atoms with Crippen LogP contribution in [0.15, 0.2) is 24.3 Å². The van der Waals surface area contributed by atoms with E-state index in [0.717, 1.165) is 24.2 Å². The van der Waals surface area contributed by atoms with Crippen molar-refractivity contribution in [3.63, 3.8) is 0 Å². The Bertz CT molecular complexity index is 859. The summed E-state index contributed by atoms with van der Waals surface area (Å²) in [5, 5.41) is 3.12. The van der Waals surface area contributed by atoms with Gasteiger partial charge in [0.2, 0.25) is 17.7 Å². The Hall–Kier alpha value is -2.41. The molecule has 1 N–H and O–H groups in total. The average Bonchev–Trinajstić information content (AvgIpc) is 3.17. The quantitative estimate of drug-likeness (QED) is 0.653. The third-order valence-corrected chi connectivity index (χ3v) is 6.80. The van der Waals surface area contributed by atoms with E-state index in [2.05, 4.69) is 31.0 Å². The number of hydrogen-bond donors (Lipinski definition) is 1. The molecule has 1 atom stereocenters. The highest BCUT2D eigenvalue weighted by Gasteiger charge is 2.39. The van der Waals surface area contributed by atoms with Crippen molar-refractivity contribution in [3.8, 4) is 0 Å². The monoisotopic (exact) mass is 456 g/mol. The number of nitrogens with one attached hydrogen (secondary N) is 1. The summed E-state index contributed by atoms with van der Waals surface area (Å²) in [7, 11) is 4.08. The largest absolute Gasteiger partial charge is 0.355 e. The van der Waals surface area contributed by atoms with E-state index in [1.54, 1.807) is 4.90 Å². The lowest BCUT2D eigenvalue weighted by atomic mass is 9.91. The van der Waals surface area contributed by atoms with Crippen molar-refractivity contribution in [2.75, 3.05) is 51.7 Å². The number of carbonyl (C=O) groups is 3. The topological polar surface area (TPSA) is 73.0 Å². The number of likely N-dealkylation sites (tertiary alicyclic amines) is 1. The van der Waals surface area contributed by atoms with Crippen molar-refractivity contribution in [1.29, 1.82) is 0 Å². The van der Waals surface area contributed by atoms with Crippen LogP contribution in [0.2, 0.25) is 0 Å². The van der Waals surface area contributed by atoms with Crippen molar-refractivity contribution in [1.82, 2.24) is 15.1 Å². The molecule has 182 valence electrons. The van der Waals surface area contributed by atoms with Gasteiger partial charge >= 0.3 is 0 Å². The van der Waals surface area contributed by atoms with Gasteiger partial charge in [0.05, 0.1) is 5.92 Å². The van der Waals surface area contributed by atoms with Crippen molar-refractivity contribution < 1.29 is 14.4 Å². The molecular formula is C26H40N4O3. The lowest BCUT2D eigenvalue weighted by molar-refractivity contribution is -0.139. The van der Waals surface area contributed by atoms with E-state index in [0.29, 0.717) is 39.0 Å². The Kier molecular flexibility index (Phi) is 8.16. The number of para-hydroxylation sites is 1. The molecule has 7 nitrogen and oxygen atoms in total. The van der Waals surface area contributed by atoms with E-state index in [1.165, 1.54) is 0 Å². The molecule has 0 aliphatic carbocycles. The number of nitrogens with zero attached hydrogens (tertiary/aromatic N) is 3. The highest BCUT2D eigenvalue weighted by Crippen LogP contribution is 2.30. The molecule has 0 saturated carbocycles. The standard InChI is InChI=1S/C26H40N4O3/c1-6-19-9-7-8-10-22(19)30-16-21(15-23(30)31)25(33)29-13-11-20(12-14-29)24(32)27-17-26(2,3)18-28(4)5/h7-10,20-21H,6,11-18H2,1-5H3,(H,27,32). The summed E-state index contributed by atoms with van der Waals surface area (Å²) in [5.74, 6) is -0.205. The summed E-state index contributed by atoms with van der Waals surface area (Å²) in [5.41, 5.74) is 2.06. The molecule has 1 unspecified atom stereocenters. The molecule has 1 aromatic carbocycles. The number of aryl methyl sites for hydroxylation is 1. The summed E-state index contributed by atoms with van der Waals surface area (Å²) in [6.07, 6.45) is 2.46. The van der Waals surface area contributed by atoms with Gasteiger partial charge in [0.1, 0.15) is 0 Å². The zero-order chi connectivity index (χ0) is 24.2. The normalized spacial score (nSPS) is 19.9. The van der Waals surface area contributed by atoms with Crippen LogP contribution in [0.5, 0.6) is 0 Å². The van der Waals surface area contributed by atoms with Gasteiger partial charge in [-0.3, -0.25) is 14.4 Å². The van der Waals surface area contributed by atoms with Crippen molar-refractivity contribution in [3.05, 3.63) is 29.8 Å². The van der Waals surface area contributed by atoms with E-state index in [-0.39, 0.29) is 41.4 Å². The molecular weight excluding hydrogens is 416 g/mol. The molecule has 1 aromatic rings. The van der Waals surface area contributed by atoms with Gasteiger partial charge in [0.15, 0.2) is 0 Å². The lowest BCUT2D eigenvalue weighted by Crippen LogP contribution is -2.47. The van der Waals surface area contributed by atoms with Gasteiger partial charge in [-0.05, 0) is 50.4 Å². The van der Waals surface area contributed by atoms with Crippen LogP contribution >= 0.6 is 0 Å². The van der Waals surface area contributed by atoms with Gasteiger partial charge in [-0.15, -0.1) is 0 Å². The molecule has 0 spiro atoms. The minimum absolute atomic E-state index is 0.00705. The first-order valence-electron chi connectivity index (χ1n) is 12.2. The van der Waals surface area contributed by atoms with Crippen LogP contribution in [-0.4, -0.2) is 74.3 Å². The van der Waals surface area contributed by atoms with Crippen LogP contribution in [0, 0.1) is 17.3 Å². The summed E-state index contributed by atoms with van der Waals surface area (Å²) >= 11 is 0. The Balaban J connectivity index is 1.50. The second-order valence-electron chi connectivity index (χ2n) is 10.6. The van der Waals surface area contributed by atoms with E-state index in [9.17, 15) is 14.4 Å². The number of amides is 3. The highest BCUT2D eigenvalue weighted by atomic mass is 16.2. The Morgan fingerprint density at radius 1 is 1.12 bits per heavy atom. The maximum absolute atomic E-state index is 13.2.